The van der Waals surface area contributed by atoms with Crippen molar-refractivity contribution in [2.75, 3.05) is 17.6 Å². The second-order valence-electron chi connectivity index (χ2n) is 7.55. The fourth-order valence-corrected chi connectivity index (χ4v) is 4.16. The van der Waals surface area contributed by atoms with Gasteiger partial charge in [0.2, 0.25) is 5.69 Å². The highest BCUT2D eigenvalue weighted by atomic mass is 32.2. The maximum atomic E-state index is 11.1. The summed E-state index contributed by atoms with van der Waals surface area (Å²) < 4.78 is 33.5. The van der Waals surface area contributed by atoms with Crippen LogP contribution in [0.3, 0.4) is 0 Å². The number of benzene rings is 2. The van der Waals surface area contributed by atoms with Gasteiger partial charge in [-0.1, -0.05) is 42.5 Å². The molecule has 152 valence electrons. The lowest BCUT2D eigenvalue weighted by Gasteiger charge is -2.15. The van der Waals surface area contributed by atoms with Crippen molar-refractivity contribution in [1.29, 1.82) is 0 Å². The Balaban J connectivity index is 1.82. The Labute approximate surface area is 172 Å². The van der Waals surface area contributed by atoms with Crippen molar-refractivity contribution in [2.24, 2.45) is 0 Å². The zero-order valence-electron chi connectivity index (χ0n) is 16.7. The summed E-state index contributed by atoms with van der Waals surface area (Å²) in [6, 6.07) is 18.1. The number of hydrogen-bond acceptors (Lipinski definition) is 3. The topological polar surface area (TPSA) is 69.4 Å². The molecular formula is C23H27N2O3S+. The highest BCUT2D eigenvalue weighted by Crippen LogP contribution is 2.39. The van der Waals surface area contributed by atoms with E-state index < -0.39 is 10.1 Å². The molecular weight excluding hydrogens is 384 g/mol. The van der Waals surface area contributed by atoms with E-state index in [4.69, 9.17) is 4.55 Å². The van der Waals surface area contributed by atoms with E-state index in [9.17, 15) is 8.42 Å². The first-order valence-corrected chi connectivity index (χ1v) is 11.2. The SMILES string of the molecule is CC1(C)C(C=CC=CNc2ccccc2)=[N+](CCCS(=O)(=O)O)c2ccccc21. The van der Waals surface area contributed by atoms with Gasteiger partial charge in [0.25, 0.3) is 10.1 Å². The van der Waals surface area contributed by atoms with Crippen LogP contribution in [0.5, 0.6) is 0 Å². The van der Waals surface area contributed by atoms with Gasteiger partial charge >= 0.3 is 0 Å². The molecule has 0 atom stereocenters. The predicted octanol–water partition coefficient (Wildman–Crippen LogP) is 4.52. The number of rotatable bonds is 8. The minimum atomic E-state index is -3.96. The molecule has 29 heavy (non-hydrogen) atoms. The minimum Gasteiger partial charge on any atom is -0.362 e. The van der Waals surface area contributed by atoms with Crippen LogP contribution >= 0.6 is 0 Å². The molecule has 0 amide bonds. The van der Waals surface area contributed by atoms with Crippen LogP contribution in [0.2, 0.25) is 0 Å². The van der Waals surface area contributed by atoms with Crippen molar-refractivity contribution in [1.82, 2.24) is 0 Å². The Bertz CT molecular complexity index is 1050. The first kappa shape index (κ1) is 21.0. The van der Waals surface area contributed by atoms with Gasteiger partial charge in [0, 0.05) is 36.0 Å². The van der Waals surface area contributed by atoms with Crippen LogP contribution in [0.4, 0.5) is 11.4 Å². The van der Waals surface area contributed by atoms with Gasteiger partial charge in [-0.05, 0) is 32.1 Å². The summed E-state index contributed by atoms with van der Waals surface area (Å²) in [7, 11) is -3.96. The van der Waals surface area contributed by atoms with Gasteiger partial charge in [-0.2, -0.15) is 13.0 Å². The highest BCUT2D eigenvalue weighted by Gasteiger charge is 2.43. The molecule has 0 aliphatic carbocycles. The monoisotopic (exact) mass is 411 g/mol. The van der Waals surface area contributed by atoms with E-state index in [0.29, 0.717) is 13.0 Å². The van der Waals surface area contributed by atoms with Gasteiger partial charge in [0.15, 0.2) is 5.71 Å². The van der Waals surface area contributed by atoms with E-state index in [-0.39, 0.29) is 11.2 Å². The van der Waals surface area contributed by atoms with E-state index in [2.05, 4.69) is 41.9 Å². The molecule has 1 aliphatic rings. The molecule has 0 saturated carbocycles. The lowest BCUT2D eigenvalue weighted by molar-refractivity contribution is -0.437. The largest absolute Gasteiger partial charge is 0.362 e. The molecule has 5 nitrogen and oxygen atoms in total. The van der Waals surface area contributed by atoms with Crippen molar-refractivity contribution < 1.29 is 17.5 Å². The number of hydrogen-bond donors (Lipinski definition) is 2. The van der Waals surface area contributed by atoms with Crippen molar-refractivity contribution in [3.63, 3.8) is 0 Å². The number of para-hydroxylation sites is 2. The maximum absolute atomic E-state index is 11.1. The average molecular weight is 412 g/mol. The lowest BCUT2D eigenvalue weighted by atomic mass is 9.81. The first-order chi connectivity index (χ1) is 13.8. The molecule has 1 aliphatic heterocycles. The molecule has 3 rings (SSSR count). The number of allylic oxidation sites excluding steroid dienone is 3. The molecule has 2 aromatic rings. The molecule has 0 aromatic heterocycles. The summed E-state index contributed by atoms with van der Waals surface area (Å²) in [5.74, 6) is -0.246. The third-order valence-corrected chi connectivity index (χ3v) is 5.87. The molecule has 0 unspecified atom stereocenters. The van der Waals surface area contributed by atoms with Crippen LogP contribution in [0.15, 0.2) is 79.0 Å². The third-order valence-electron chi connectivity index (χ3n) is 5.07. The van der Waals surface area contributed by atoms with Gasteiger partial charge in [0.1, 0.15) is 6.54 Å². The Morgan fingerprint density at radius 1 is 1.03 bits per heavy atom. The summed E-state index contributed by atoms with van der Waals surface area (Å²) in [6.07, 6.45) is 8.22. The standard InChI is InChI=1S/C23H26N2O3S/c1-23(2)20-13-6-7-14-21(20)25(17-10-18-29(26,27)28)22(23)15-8-9-16-24-19-11-4-3-5-12-19/h3-9,11-16H,10,17-18H2,1-2H3,(H,26,27,28)/p+1. The molecule has 1 heterocycles. The van der Waals surface area contributed by atoms with Gasteiger partial charge in [-0.25, -0.2) is 0 Å². The molecule has 0 radical (unpaired) electrons. The Kier molecular flexibility index (Phi) is 6.35. The number of nitrogens with one attached hydrogen (secondary N) is 1. The second-order valence-corrected chi connectivity index (χ2v) is 9.12. The van der Waals surface area contributed by atoms with Crippen molar-refractivity contribution in [3.05, 3.63) is 84.6 Å². The summed E-state index contributed by atoms with van der Waals surface area (Å²) in [6.45, 7) is 4.85. The Hall–Kier alpha value is -2.70. The smallest absolute Gasteiger partial charge is 0.265 e. The van der Waals surface area contributed by atoms with Crippen LogP contribution in [0, 0.1) is 0 Å². The number of fused-ring (bicyclic) bond motifs is 1. The van der Waals surface area contributed by atoms with Crippen molar-refractivity contribution >= 4 is 27.2 Å². The van der Waals surface area contributed by atoms with Crippen LogP contribution in [0.1, 0.15) is 25.8 Å². The second kappa shape index (κ2) is 8.76. The molecule has 0 fully saturated rings. The van der Waals surface area contributed by atoms with E-state index in [1.807, 2.05) is 60.8 Å². The van der Waals surface area contributed by atoms with Gasteiger partial charge in [-0.15, -0.1) is 0 Å². The lowest BCUT2D eigenvalue weighted by Crippen LogP contribution is -2.28. The molecule has 2 aromatic carbocycles. The summed E-state index contributed by atoms with van der Waals surface area (Å²) in [5.41, 5.74) is 4.20. The summed E-state index contributed by atoms with van der Waals surface area (Å²) in [4.78, 5) is 0. The third kappa shape index (κ3) is 5.22. The number of anilines is 1. The van der Waals surface area contributed by atoms with Crippen LogP contribution in [-0.4, -0.2) is 35.6 Å². The zero-order chi connectivity index (χ0) is 20.9. The van der Waals surface area contributed by atoms with Gasteiger partial charge in [0.05, 0.1) is 11.2 Å². The van der Waals surface area contributed by atoms with Gasteiger partial charge < -0.3 is 5.32 Å². The van der Waals surface area contributed by atoms with Crippen LogP contribution in [-0.2, 0) is 15.5 Å². The van der Waals surface area contributed by atoms with Crippen molar-refractivity contribution in [3.8, 4) is 0 Å². The highest BCUT2D eigenvalue weighted by molar-refractivity contribution is 7.85. The minimum absolute atomic E-state index is 0.202. The van der Waals surface area contributed by atoms with E-state index in [1.165, 1.54) is 5.56 Å². The summed E-state index contributed by atoms with van der Waals surface area (Å²) >= 11 is 0. The van der Waals surface area contributed by atoms with Gasteiger partial charge in [-0.3, -0.25) is 4.55 Å². The fraction of sp³-hybridized carbons (Fsp3) is 0.261. The van der Waals surface area contributed by atoms with Crippen LogP contribution < -0.4 is 5.32 Å². The Morgan fingerprint density at radius 2 is 1.72 bits per heavy atom. The van der Waals surface area contributed by atoms with E-state index in [1.54, 1.807) is 0 Å². The maximum Gasteiger partial charge on any atom is 0.265 e. The summed E-state index contributed by atoms with van der Waals surface area (Å²) in [5, 5.41) is 3.22. The van der Waals surface area contributed by atoms with Crippen molar-refractivity contribution in [2.45, 2.75) is 25.7 Å². The number of nitrogens with zero attached hydrogens (tertiary/aromatic N) is 1. The molecule has 0 spiro atoms. The predicted molar refractivity (Wildman–Crippen MR) is 119 cm³/mol. The molecule has 6 heteroatoms. The molecule has 2 N–H and O–H groups in total. The quantitative estimate of drug-likeness (QED) is 0.381. The fourth-order valence-electron chi connectivity index (χ4n) is 3.67. The van der Waals surface area contributed by atoms with Crippen LogP contribution in [0.25, 0.3) is 0 Å². The van der Waals surface area contributed by atoms with E-state index >= 15 is 0 Å². The molecule has 0 bridgehead atoms. The van der Waals surface area contributed by atoms with E-state index in [0.717, 1.165) is 17.1 Å². The Morgan fingerprint density at radius 3 is 2.45 bits per heavy atom. The normalized spacial score (nSPS) is 16.0. The average Bonchev–Trinajstić information content (AvgIpc) is 2.89. The zero-order valence-corrected chi connectivity index (χ0v) is 17.6. The first-order valence-electron chi connectivity index (χ1n) is 9.63. The molecule has 0 saturated heterocycles.